The number of amides is 1. The smallest absolute Gasteiger partial charge is 0.332 e. The molecule has 3 N–H and O–H groups in total. The van der Waals surface area contributed by atoms with Gasteiger partial charge in [-0.25, -0.2) is 4.79 Å². The highest BCUT2D eigenvalue weighted by Gasteiger charge is 2.16. The molecule has 0 fully saturated rings. The first-order valence-corrected chi connectivity index (χ1v) is 6.21. The molecule has 100 valence electrons. The molecule has 0 saturated carbocycles. The number of aromatic nitrogens is 2. The number of nitrogens with one attached hydrogen (secondary N) is 1. The van der Waals surface area contributed by atoms with Crippen molar-refractivity contribution in [2.45, 2.75) is 0 Å². The summed E-state index contributed by atoms with van der Waals surface area (Å²) < 4.78 is 1.99. The highest BCUT2D eigenvalue weighted by atomic mass is 32.1. The Bertz CT molecular complexity index is 743. The predicted octanol–water partition coefficient (Wildman–Crippen LogP) is -0.0200. The Kier molecular flexibility index (Phi) is 3.26. The van der Waals surface area contributed by atoms with Gasteiger partial charge in [0.1, 0.15) is 11.5 Å². The number of rotatable bonds is 2. The summed E-state index contributed by atoms with van der Waals surface area (Å²) in [4.78, 5) is 35.9. The van der Waals surface area contributed by atoms with E-state index in [1.165, 1.54) is 25.4 Å². The second-order valence-electron chi connectivity index (χ2n) is 3.90. The van der Waals surface area contributed by atoms with Crippen LogP contribution in [0.25, 0.3) is 0 Å². The van der Waals surface area contributed by atoms with Crippen LogP contribution in [-0.2, 0) is 14.1 Å². The van der Waals surface area contributed by atoms with Gasteiger partial charge in [0.15, 0.2) is 0 Å². The van der Waals surface area contributed by atoms with Gasteiger partial charge in [-0.15, -0.1) is 11.3 Å². The summed E-state index contributed by atoms with van der Waals surface area (Å²) in [5.74, 6) is -0.504. The van der Waals surface area contributed by atoms with Crippen LogP contribution in [0.15, 0.2) is 27.1 Å². The van der Waals surface area contributed by atoms with E-state index in [4.69, 9.17) is 5.73 Å². The van der Waals surface area contributed by atoms with Crippen LogP contribution in [0.1, 0.15) is 9.67 Å². The molecule has 0 unspecified atom stereocenters. The van der Waals surface area contributed by atoms with Crippen LogP contribution in [0.3, 0.4) is 0 Å². The Labute approximate surface area is 111 Å². The molecule has 2 aromatic rings. The Balaban J connectivity index is 2.50. The predicted molar refractivity (Wildman–Crippen MR) is 73.6 cm³/mol. The average molecular weight is 280 g/mol. The van der Waals surface area contributed by atoms with Crippen molar-refractivity contribution >= 4 is 28.7 Å². The number of carbonyl (C=O) groups is 1. The molecule has 2 aromatic heterocycles. The van der Waals surface area contributed by atoms with Gasteiger partial charge in [0.05, 0.1) is 4.88 Å². The van der Waals surface area contributed by atoms with E-state index >= 15 is 0 Å². The zero-order valence-electron chi connectivity index (χ0n) is 10.3. The third-order valence-corrected chi connectivity index (χ3v) is 3.56. The fraction of sp³-hybridized carbons (Fsp3) is 0.182. The van der Waals surface area contributed by atoms with Crippen LogP contribution >= 0.6 is 11.3 Å². The van der Waals surface area contributed by atoms with Gasteiger partial charge in [-0.1, -0.05) is 6.07 Å². The van der Waals surface area contributed by atoms with E-state index in [1.54, 1.807) is 17.5 Å². The van der Waals surface area contributed by atoms with E-state index < -0.39 is 17.2 Å². The summed E-state index contributed by atoms with van der Waals surface area (Å²) in [5, 5.41) is 4.19. The second-order valence-corrected chi connectivity index (χ2v) is 4.85. The Hall–Kier alpha value is -2.35. The van der Waals surface area contributed by atoms with Crippen molar-refractivity contribution in [3.8, 4) is 0 Å². The lowest BCUT2D eigenvalue weighted by molar-refractivity contribution is 0.103. The SMILES string of the molecule is Cn1c(N)c(NC(=O)c2cccs2)c(=O)n(C)c1=O. The quantitative estimate of drug-likeness (QED) is 0.807. The van der Waals surface area contributed by atoms with Crippen molar-refractivity contribution in [2.75, 3.05) is 11.1 Å². The van der Waals surface area contributed by atoms with E-state index in [-0.39, 0.29) is 11.5 Å². The van der Waals surface area contributed by atoms with Gasteiger partial charge in [-0.3, -0.25) is 18.7 Å². The molecule has 0 bridgehead atoms. The number of hydrogen-bond acceptors (Lipinski definition) is 5. The van der Waals surface area contributed by atoms with Gasteiger partial charge in [0, 0.05) is 14.1 Å². The molecule has 0 aliphatic rings. The van der Waals surface area contributed by atoms with Crippen molar-refractivity contribution in [1.29, 1.82) is 0 Å². The number of nitrogens with zero attached hydrogens (tertiary/aromatic N) is 2. The third kappa shape index (κ3) is 2.17. The minimum atomic E-state index is -0.634. The van der Waals surface area contributed by atoms with Crippen molar-refractivity contribution < 1.29 is 4.79 Å². The number of thiophene rings is 1. The number of carbonyl (C=O) groups excluding carboxylic acids is 1. The van der Waals surface area contributed by atoms with E-state index in [1.807, 2.05) is 0 Å². The average Bonchev–Trinajstić information content (AvgIpc) is 2.93. The first kappa shape index (κ1) is 13.1. The molecule has 0 aliphatic carbocycles. The Morgan fingerprint density at radius 1 is 1.32 bits per heavy atom. The molecule has 8 heteroatoms. The molecule has 2 rings (SSSR count). The van der Waals surface area contributed by atoms with Crippen LogP contribution in [0.2, 0.25) is 0 Å². The first-order chi connectivity index (χ1) is 8.93. The molecule has 0 saturated heterocycles. The van der Waals surface area contributed by atoms with Crippen LogP contribution in [0, 0.1) is 0 Å². The molecular weight excluding hydrogens is 268 g/mol. The topological polar surface area (TPSA) is 99.1 Å². The minimum Gasteiger partial charge on any atom is -0.383 e. The summed E-state index contributed by atoms with van der Waals surface area (Å²) in [6.45, 7) is 0. The van der Waals surface area contributed by atoms with Crippen molar-refractivity contribution in [3.05, 3.63) is 43.2 Å². The van der Waals surface area contributed by atoms with Gasteiger partial charge in [0.25, 0.3) is 11.5 Å². The molecule has 0 spiro atoms. The van der Waals surface area contributed by atoms with Gasteiger partial charge in [0.2, 0.25) is 0 Å². The van der Waals surface area contributed by atoms with Crippen molar-refractivity contribution in [3.63, 3.8) is 0 Å². The maximum Gasteiger partial charge on any atom is 0.332 e. The zero-order chi connectivity index (χ0) is 14.2. The highest BCUT2D eigenvalue weighted by molar-refractivity contribution is 7.12. The second kappa shape index (κ2) is 4.73. The summed E-state index contributed by atoms with van der Waals surface area (Å²) in [6, 6.07) is 3.35. The monoisotopic (exact) mass is 280 g/mol. The largest absolute Gasteiger partial charge is 0.383 e. The molecule has 19 heavy (non-hydrogen) atoms. The molecule has 1 amide bonds. The fourth-order valence-electron chi connectivity index (χ4n) is 1.56. The number of nitrogen functional groups attached to an aromatic ring is 1. The van der Waals surface area contributed by atoms with Gasteiger partial charge >= 0.3 is 5.69 Å². The number of nitrogens with two attached hydrogens (primary N) is 1. The van der Waals surface area contributed by atoms with Gasteiger partial charge in [-0.05, 0) is 11.4 Å². The maximum atomic E-state index is 11.9. The van der Waals surface area contributed by atoms with E-state index in [9.17, 15) is 14.4 Å². The normalized spacial score (nSPS) is 10.4. The number of anilines is 2. The van der Waals surface area contributed by atoms with Gasteiger partial charge < -0.3 is 11.1 Å². The van der Waals surface area contributed by atoms with E-state index in [0.717, 1.165) is 9.13 Å². The number of hydrogen-bond donors (Lipinski definition) is 2. The van der Waals surface area contributed by atoms with Gasteiger partial charge in [-0.2, -0.15) is 0 Å². The lowest BCUT2D eigenvalue weighted by Gasteiger charge is -2.11. The zero-order valence-corrected chi connectivity index (χ0v) is 11.2. The van der Waals surface area contributed by atoms with Crippen LogP contribution in [0.4, 0.5) is 11.5 Å². The summed E-state index contributed by atoms with van der Waals surface area (Å²) in [6.07, 6.45) is 0. The summed E-state index contributed by atoms with van der Waals surface area (Å²) in [5.41, 5.74) is 4.42. The molecule has 7 nitrogen and oxygen atoms in total. The first-order valence-electron chi connectivity index (χ1n) is 5.34. The van der Waals surface area contributed by atoms with E-state index in [2.05, 4.69) is 5.32 Å². The van der Waals surface area contributed by atoms with E-state index in [0.29, 0.717) is 4.88 Å². The molecular formula is C11H12N4O3S. The van der Waals surface area contributed by atoms with Crippen LogP contribution < -0.4 is 22.3 Å². The van der Waals surface area contributed by atoms with Crippen molar-refractivity contribution in [2.24, 2.45) is 14.1 Å². The Morgan fingerprint density at radius 3 is 2.58 bits per heavy atom. The molecule has 2 heterocycles. The summed E-state index contributed by atoms with van der Waals surface area (Å²) in [7, 11) is 2.75. The third-order valence-electron chi connectivity index (χ3n) is 2.69. The molecule has 0 atom stereocenters. The lowest BCUT2D eigenvalue weighted by Crippen LogP contribution is -2.40. The van der Waals surface area contributed by atoms with Crippen LogP contribution in [-0.4, -0.2) is 15.0 Å². The van der Waals surface area contributed by atoms with Crippen molar-refractivity contribution in [1.82, 2.24) is 9.13 Å². The van der Waals surface area contributed by atoms with Crippen LogP contribution in [0.5, 0.6) is 0 Å². The summed E-state index contributed by atoms with van der Waals surface area (Å²) >= 11 is 1.24. The standard InChI is InChI=1S/C11H12N4O3S/c1-14-8(12)7(10(17)15(2)11(14)18)13-9(16)6-4-3-5-19-6/h3-5H,12H2,1-2H3,(H,13,16). The fourth-order valence-corrected chi connectivity index (χ4v) is 2.18. The highest BCUT2D eigenvalue weighted by Crippen LogP contribution is 2.14. The molecule has 0 radical (unpaired) electrons. The lowest BCUT2D eigenvalue weighted by atomic mass is 10.4. The maximum absolute atomic E-state index is 11.9. The molecule has 0 aliphatic heterocycles. The Morgan fingerprint density at radius 2 is 2.00 bits per heavy atom. The minimum absolute atomic E-state index is 0.0713. The molecule has 0 aromatic carbocycles.